The minimum atomic E-state index is -1.29. The van der Waals surface area contributed by atoms with E-state index in [1.54, 1.807) is 39.3 Å². The number of nitrogens with one attached hydrogen (secondary N) is 1. The molecule has 0 unspecified atom stereocenters. The molecule has 0 aliphatic carbocycles. The Morgan fingerprint density at radius 2 is 1.92 bits per heavy atom. The quantitative estimate of drug-likeness (QED) is 0.641. The number of carbonyl (C=O) groups is 1. The summed E-state index contributed by atoms with van der Waals surface area (Å²) in [5, 5.41) is 15.5. The SMILES string of the molecule is COc1ccc(OC)c(/C(C)=N\Nc2cc(C(=O)[O-])ccc2Cl)c1. The third kappa shape index (κ3) is 3.97. The van der Waals surface area contributed by atoms with E-state index in [0.29, 0.717) is 27.9 Å². The molecule has 0 fully saturated rings. The van der Waals surface area contributed by atoms with E-state index in [4.69, 9.17) is 21.1 Å². The van der Waals surface area contributed by atoms with Crippen LogP contribution in [0.5, 0.6) is 11.5 Å². The monoisotopic (exact) mass is 347 g/mol. The number of methoxy groups -OCH3 is 2. The zero-order valence-corrected chi connectivity index (χ0v) is 14.2. The molecule has 2 aromatic carbocycles. The molecule has 24 heavy (non-hydrogen) atoms. The van der Waals surface area contributed by atoms with E-state index in [9.17, 15) is 9.90 Å². The average Bonchev–Trinajstić information content (AvgIpc) is 2.59. The van der Waals surface area contributed by atoms with Crippen LogP contribution in [0.3, 0.4) is 0 Å². The number of carboxylic acids is 1. The van der Waals surface area contributed by atoms with Crippen molar-refractivity contribution in [2.75, 3.05) is 19.6 Å². The van der Waals surface area contributed by atoms with Crippen molar-refractivity contribution in [1.82, 2.24) is 0 Å². The van der Waals surface area contributed by atoms with Gasteiger partial charge in [-0.15, -0.1) is 0 Å². The molecule has 0 aromatic heterocycles. The number of rotatable bonds is 6. The standard InChI is InChI=1S/C17H17ClN2O4/c1-10(13-9-12(23-2)5-7-16(13)24-3)19-20-15-8-11(17(21)22)4-6-14(15)18/h4-9,20H,1-3H3,(H,21,22)/p-1/b19-10-. The number of carboxylic acid groups (broad SMARTS) is 1. The molecule has 1 N–H and O–H groups in total. The molecule has 0 radical (unpaired) electrons. The van der Waals surface area contributed by atoms with Crippen LogP contribution in [0.1, 0.15) is 22.8 Å². The van der Waals surface area contributed by atoms with Crippen LogP contribution in [0, 0.1) is 0 Å². The summed E-state index contributed by atoms with van der Waals surface area (Å²) in [6.07, 6.45) is 0. The number of anilines is 1. The van der Waals surface area contributed by atoms with Gasteiger partial charge in [-0.3, -0.25) is 5.43 Å². The van der Waals surface area contributed by atoms with Crippen molar-refractivity contribution < 1.29 is 19.4 Å². The van der Waals surface area contributed by atoms with Gasteiger partial charge in [0.15, 0.2) is 0 Å². The van der Waals surface area contributed by atoms with E-state index in [1.165, 1.54) is 18.2 Å². The van der Waals surface area contributed by atoms with Gasteiger partial charge in [0.25, 0.3) is 0 Å². The highest BCUT2D eigenvalue weighted by molar-refractivity contribution is 6.33. The van der Waals surface area contributed by atoms with Gasteiger partial charge < -0.3 is 19.4 Å². The molecule has 0 saturated heterocycles. The fourth-order valence-corrected chi connectivity index (χ4v) is 2.20. The Morgan fingerprint density at radius 3 is 2.54 bits per heavy atom. The van der Waals surface area contributed by atoms with Crippen LogP contribution < -0.4 is 20.0 Å². The van der Waals surface area contributed by atoms with Gasteiger partial charge >= 0.3 is 0 Å². The number of nitrogens with zero attached hydrogens (tertiary/aromatic N) is 1. The zero-order chi connectivity index (χ0) is 17.7. The van der Waals surface area contributed by atoms with Crippen molar-refractivity contribution in [2.45, 2.75) is 6.92 Å². The van der Waals surface area contributed by atoms with Crippen molar-refractivity contribution in [3.63, 3.8) is 0 Å². The predicted octanol–water partition coefficient (Wildman–Crippen LogP) is 2.56. The fourth-order valence-electron chi connectivity index (χ4n) is 2.04. The van der Waals surface area contributed by atoms with Gasteiger partial charge in [0.1, 0.15) is 11.5 Å². The van der Waals surface area contributed by atoms with Crippen molar-refractivity contribution in [2.24, 2.45) is 5.10 Å². The Kier molecular flexibility index (Phi) is 5.65. The lowest BCUT2D eigenvalue weighted by Gasteiger charge is -2.11. The summed E-state index contributed by atoms with van der Waals surface area (Å²) >= 11 is 6.05. The minimum absolute atomic E-state index is 0.00807. The molecule has 2 rings (SSSR count). The highest BCUT2D eigenvalue weighted by atomic mass is 35.5. The van der Waals surface area contributed by atoms with E-state index >= 15 is 0 Å². The molecule has 0 aliphatic rings. The molecular formula is C17H16ClN2O4-. The van der Waals surface area contributed by atoms with Crippen molar-refractivity contribution >= 4 is 29.0 Å². The van der Waals surface area contributed by atoms with E-state index in [1.807, 2.05) is 0 Å². The third-order valence-corrected chi connectivity index (χ3v) is 3.67. The number of aromatic carboxylic acids is 1. The topological polar surface area (TPSA) is 83.0 Å². The molecule has 126 valence electrons. The van der Waals surface area contributed by atoms with Gasteiger partial charge in [0, 0.05) is 5.56 Å². The Labute approximate surface area is 144 Å². The number of halogens is 1. The summed E-state index contributed by atoms with van der Waals surface area (Å²) in [6, 6.07) is 9.53. The van der Waals surface area contributed by atoms with Crippen LogP contribution in [-0.2, 0) is 0 Å². The molecule has 2 aromatic rings. The van der Waals surface area contributed by atoms with Gasteiger partial charge in [-0.1, -0.05) is 17.7 Å². The lowest BCUT2D eigenvalue weighted by atomic mass is 10.1. The maximum Gasteiger partial charge on any atom is 0.128 e. The van der Waals surface area contributed by atoms with Crippen LogP contribution >= 0.6 is 11.6 Å². The molecule has 7 heteroatoms. The largest absolute Gasteiger partial charge is 0.545 e. The van der Waals surface area contributed by atoms with Gasteiger partial charge in [0.2, 0.25) is 0 Å². The van der Waals surface area contributed by atoms with Crippen molar-refractivity contribution in [3.05, 3.63) is 52.5 Å². The first kappa shape index (κ1) is 17.6. The maximum absolute atomic E-state index is 10.9. The smallest absolute Gasteiger partial charge is 0.128 e. The first-order valence-corrected chi connectivity index (χ1v) is 7.37. The molecule has 0 bridgehead atoms. The average molecular weight is 348 g/mol. The highest BCUT2D eigenvalue weighted by Gasteiger charge is 2.09. The molecule has 0 heterocycles. The number of benzene rings is 2. The summed E-state index contributed by atoms with van der Waals surface area (Å²) < 4.78 is 10.5. The Bertz CT molecular complexity index is 790. The molecule has 0 aliphatic heterocycles. The summed E-state index contributed by atoms with van der Waals surface area (Å²) in [6.45, 7) is 1.78. The first-order valence-electron chi connectivity index (χ1n) is 7.00. The fraction of sp³-hybridized carbons (Fsp3) is 0.176. The van der Waals surface area contributed by atoms with Crippen LogP contribution in [-0.4, -0.2) is 25.9 Å². The van der Waals surface area contributed by atoms with Crippen LogP contribution in [0.15, 0.2) is 41.5 Å². The van der Waals surface area contributed by atoms with E-state index in [-0.39, 0.29) is 5.56 Å². The summed E-state index contributed by atoms with van der Waals surface area (Å²) in [4.78, 5) is 10.9. The van der Waals surface area contributed by atoms with Gasteiger partial charge in [0.05, 0.1) is 36.6 Å². The number of carbonyl (C=O) groups excluding carboxylic acids is 1. The summed E-state index contributed by atoms with van der Waals surface area (Å²) in [7, 11) is 3.13. The third-order valence-electron chi connectivity index (χ3n) is 3.34. The lowest BCUT2D eigenvalue weighted by Crippen LogP contribution is -2.22. The maximum atomic E-state index is 10.9. The first-order chi connectivity index (χ1) is 11.5. The van der Waals surface area contributed by atoms with Crippen molar-refractivity contribution in [1.29, 1.82) is 0 Å². The minimum Gasteiger partial charge on any atom is -0.545 e. The number of hydrogen-bond acceptors (Lipinski definition) is 6. The zero-order valence-electron chi connectivity index (χ0n) is 13.4. The Balaban J connectivity index is 2.32. The molecule has 0 amide bonds. The van der Waals surface area contributed by atoms with Gasteiger partial charge in [-0.2, -0.15) is 5.10 Å². The summed E-state index contributed by atoms with van der Waals surface area (Å²) in [5.74, 6) is 0.00986. The second-order valence-electron chi connectivity index (χ2n) is 4.86. The Hall–Kier alpha value is -2.73. The number of ether oxygens (including phenoxy) is 2. The molecule has 0 atom stereocenters. The number of hydrogen-bond donors (Lipinski definition) is 1. The van der Waals surface area contributed by atoms with Crippen LogP contribution in [0.4, 0.5) is 5.69 Å². The van der Waals surface area contributed by atoms with E-state index in [2.05, 4.69) is 10.5 Å². The second kappa shape index (κ2) is 7.70. The highest BCUT2D eigenvalue weighted by Crippen LogP contribution is 2.26. The second-order valence-corrected chi connectivity index (χ2v) is 5.26. The number of hydrazone groups is 1. The predicted molar refractivity (Wildman–Crippen MR) is 91.2 cm³/mol. The van der Waals surface area contributed by atoms with E-state index < -0.39 is 5.97 Å². The van der Waals surface area contributed by atoms with Crippen LogP contribution in [0.2, 0.25) is 5.02 Å². The molecular weight excluding hydrogens is 332 g/mol. The molecule has 0 spiro atoms. The van der Waals surface area contributed by atoms with Gasteiger partial charge in [-0.05, 0) is 42.8 Å². The van der Waals surface area contributed by atoms with Gasteiger partial charge in [-0.25, -0.2) is 0 Å². The Morgan fingerprint density at radius 1 is 1.17 bits per heavy atom. The lowest BCUT2D eigenvalue weighted by molar-refractivity contribution is -0.255. The summed E-state index contributed by atoms with van der Waals surface area (Å²) in [5.41, 5.74) is 4.48. The van der Waals surface area contributed by atoms with Crippen LogP contribution in [0.25, 0.3) is 0 Å². The molecule has 0 saturated carbocycles. The van der Waals surface area contributed by atoms with Crippen molar-refractivity contribution in [3.8, 4) is 11.5 Å². The van der Waals surface area contributed by atoms with E-state index in [0.717, 1.165) is 5.56 Å². The molecule has 6 nitrogen and oxygen atoms in total. The normalized spacial score (nSPS) is 11.1.